The number of aromatic nitrogens is 4. The lowest BCUT2D eigenvalue weighted by Gasteiger charge is -2.34. The minimum absolute atomic E-state index is 0.0177. The topological polar surface area (TPSA) is 145 Å². The Kier molecular flexibility index (Phi) is 5.88. The zero-order valence-corrected chi connectivity index (χ0v) is 19.8. The van der Waals surface area contributed by atoms with Gasteiger partial charge in [0.15, 0.2) is 11.4 Å². The first-order valence-electron chi connectivity index (χ1n) is 11.5. The molecule has 1 aromatic carbocycles. The second-order valence-electron chi connectivity index (χ2n) is 8.82. The molecule has 0 fully saturated rings. The molecule has 5 rings (SSSR count). The molecule has 11 nitrogen and oxygen atoms in total. The van der Waals surface area contributed by atoms with E-state index in [1.165, 1.54) is 6.07 Å². The Hall–Kier alpha value is -4.67. The maximum atomic E-state index is 12.9. The molecule has 0 radical (unpaired) electrons. The van der Waals surface area contributed by atoms with Crippen molar-refractivity contribution in [2.24, 2.45) is 0 Å². The van der Waals surface area contributed by atoms with E-state index in [9.17, 15) is 19.5 Å². The van der Waals surface area contributed by atoms with E-state index in [-0.39, 0.29) is 24.2 Å². The highest BCUT2D eigenvalue weighted by atomic mass is 16.3. The van der Waals surface area contributed by atoms with E-state index in [0.29, 0.717) is 35.9 Å². The predicted octanol–water partition coefficient (Wildman–Crippen LogP) is 2.36. The van der Waals surface area contributed by atoms with Crippen LogP contribution in [-0.2, 0) is 13.1 Å². The Morgan fingerprint density at radius 1 is 1.19 bits per heavy atom. The highest BCUT2D eigenvalue weighted by Crippen LogP contribution is 2.24. The second-order valence-corrected chi connectivity index (χ2v) is 8.82. The number of fused-ring (bicyclic) bond motifs is 2. The Bertz CT molecular complexity index is 1540. The molecule has 0 atom stereocenters. The fraction of sp³-hybridized carbons (Fsp3) is 0.240. The van der Waals surface area contributed by atoms with Gasteiger partial charge in [-0.15, -0.1) is 0 Å². The summed E-state index contributed by atoms with van der Waals surface area (Å²) in [5.41, 5.74) is 1.66. The molecule has 1 aliphatic rings. The third-order valence-electron chi connectivity index (χ3n) is 6.21. The molecule has 0 saturated heterocycles. The molecule has 0 aliphatic carbocycles. The summed E-state index contributed by atoms with van der Waals surface area (Å²) in [5, 5.41) is 24.1. The van der Waals surface area contributed by atoms with Crippen LogP contribution in [0, 0.1) is 0 Å². The zero-order chi connectivity index (χ0) is 25.4. The van der Waals surface area contributed by atoms with E-state index in [2.05, 4.69) is 25.8 Å². The van der Waals surface area contributed by atoms with Crippen molar-refractivity contribution in [2.45, 2.75) is 33.0 Å². The second kappa shape index (κ2) is 9.17. The van der Waals surface area contributed by atoms with Crippen LogP contribution in [-0.4, -0.2) is 54.2 Å². The molecule has 3 aromatic heterocycles. The van der Waals surface area contributed by atoms with Crippen molar-refractivity contribution in [2.75, 3.05) is 11.9 Å². The number of carbonyl (C=O) groups excluding carboxylic acids is 2. The number of nitrogens with one attached hydrogen (secondary N) is 3. The van der Waals surface area contributed by atoms with Crippen LogP contribution in [0.1, 0.15) is 40.4 Å². The molecule has 0 bridgehead atoms. The lowest BCUT2D eigenvalue weighted by molar-refractivity contribution is 0.0639. The first kappa shape index (κ1) is 23.1. The minimum Gasteiger partial charge on any atom is -0.503 e. The molecular weight excluding hydrogens is 462 g/mol. The van der Waals surface area contributed by atoms with Gasteiger partial charge in [-0.3, -0.25) is 19.5 Å². The zero-order valence-electron chi connectivity index (χ0n) is 19.8. The van der Waals surface area contributed by atoms with Gasteiger partial charge in [0.25, 0.3) is 11.8 Å². The number of hydrogen-bond acceptors (Lipinski definition) is 7. The summed E-state index contributed by atoms with van der Waals surface area (Å²) in [6.07, 6.45) is 3.33. The third kappa shape index (κ3) is 4.15. The van der Waals surface area contributed by atoms with Gasteiger partial charge in [-0.05, 0) is 38.1 Å². The number of aromatic hydroxyl groups is 1. The van der Waals surface area contributed by atoms with E-state index in [1.54, 1.807) is 40.1 Å². The van der Waals surface area contributed by atoms with E-state index >= 15 is 0 Å². The largest absolute Gasteiger partial charge is 0.503 e. The summed E-state index contributed by atoms with van der Waals surface area (Å²) in [7, 11) is 0. The van der Waals surface area contributed by atoms with Gasteiger partial charge >= 0.3 is 0 Å². The van der Waals surface area contributed by atoms with Gasteiger partial charge in [0, 0.05) is 48.3 Å². The molecular formula is C25H25N7O4. The van der Waals surface area contributed by atoms with Gasteiger partial charge in [-0.25, -0.2) is 4.98 Å². The Morgan fingerprint density at radius 2 is 2.03 bits per heavy atom. The maximum Gasteiger partial charge on any atom is 0.274 e. The highest BCUT2D eigenvalue weighted by Gasteiger charge is 2.31. The molecule has 11 heteroatoms. The number of rotatable bonds is 6. The number of amides is 2. The van der Waals surface area contributed by atoms with Crippen LogP contribution in [0.2, 0.25) is 0 Å². The van der Waals surface area contributed by atoms with Gasteiger partial charge in [0.05, 0.1) is 23.6 Å². The van der Waals surface area contributed by atoms with E-state index in [0.717, 1.165) is 10.9 Å². The van der Waals surface area contributed by atoms with Crippen LogP contribution in [0.25, 0.3) is 10.9 Å². The van der Waals surface area contributed by atoms with Crippen molar-refractivity contribution < 1.29 is 14.7 Å². The number of carbonyl (C=O) groups is 2. The predicted molar refractivity (Wildman–Crippen MR) is 133 cm³/mol. The van der Waals surface area contributed by atoms with Crippen LogP contribution in [0.15, 0.2) is 53.6 Å². The van der Waals surface area contributed by atoms with Crippen LogP contribution in [0.4, 0.5) is 11.5 Å². The minimum atomic E-state index is -0.656. The molecule has 0 saturated carbocycles. The number of benzene rings is 1. The van der Waals surface area contributed by atoms with Crippen molar-refractivity contribution in [3.63, 3.8) is 0 Å². The van der Waals surface area contributed by atoms with Crippen LogP contribution in [0.5, 0.6) is 5.75 Å². The Labute approximate surface area is 205 Å². The summed E-state index contributed by atoms with van der Waals surface area (Å²) in [6.45, 7) is 4.62. The van der Waals surface area contributed by atoms with Gasteiger partial charge in [-0.2, -0.15) is 5.10 Å². The number of H-pyrrole nitrogens is 1. The summed E-state index contributed by atoms with van der Waals surface area (Å²) >= 11 is 0. The van der Waals surface area contributed by atoms with Gasteiger partial charge < -0.3 is 25.2 Å². The summed E-state index contributed by atoms with van der Waals surface area (Å²) in [6, 6.07) is 9.94. The number of pyridine rings is 2. The third-order valence-corrected chi connectivity index (χ3v) is 6.21. The lowest BCUT2D eigenvalue weighted by atomic mass is 10.1. The van der Waals surface area contributed by atoms with E-state index in [1.807, 2.05) is 26.0 Å². The maximum absolute atomic E-state index is 12.9. The number of aromatic amines is 1. The fourth-order valence-electron chi connectivity index (χ4n) is 4.36. The van der Waals surface area contributed by atoms with E-state index < -0.39 is 17.1 Å². The first-order valence-corrected chi connectivity index (χ1v) is 11.5. The molecule has 0 unspecified atom stereocenters. The smallest absolute Gasteiger partial charge is 0.274 e. The molecule has 4 aromatic rings. The number of hydrogen-bond donors (Lipinski definition) is 4. The van der Waals surface area contributed by atoms with Crippen molar-refractivity contribution >= 4 is 34.2 Å². The van der Waals surface area contributed by atoms with Crippen molar-refractivity contribution in [1.82, 2.24) is 30.0 Å². The number of nitrogens with zero attached hydrogens (tertiary/aromatic N) is 4. The summed E-state index contributed by atoms with van der Waals surface area (Å²) in [4.78, 5) is 44.2. The Morgan fingerprint density at radius 3 is 2.83 bits per heavy atom. The first-order chi connectivity index (χ1) is 17.3. The van der Waals surface area contributed by atoms with Crippen molar-refractivity contribution in [3.8, 4) is 5.75 Å². The normalized spacial score (nSPS) is 13.2. The standard InChI is InChI=1S/C25H25N7O4/c1-14(2)31-8-9-32-17(11-20(33)22(34)21(32)25(31)36)12-27-24(35)15-4-3-5-16(10-15)29-23-18-13-28-30-19(18)6-7-26-23/h3-7,10-11,13-14,34H,8-9,12H2,1-2H3,(H,26,29)(H,27,35)(H,28,30). The molecule has 184 valence electrons. The quantitative estimate of drug-likeness (QED) is 0.327. The monoisotopic (exact) mass is 487 g/mol. The van der Waals surface area contributed by atoms with Crippen molar-refractivity contribution in [3.05, 3.63) is 76.0 Å². The molecule has 36 heavy (non-hydrogen) atoms. The van der Waals surface area contributed by atoms with Gasteiger partial charge in [-0.1, -0.05) is 6.07 Å². The highest BCUT2D eigenvalue weighted by molar-refractivity contribution is 5.97. The molecule has 1 aliphatic heterocycles. The Balaban J connectivity index is 1.35. The lowest BCUT2D eigenvalue weighted by Crippen LogP contribution is -2.46. The SMILES string of the molecule is CC(C)N1CCn2c(CNC(=O)c3cccc(Nc4nccc5[nH]ncc45)c3)cc(=O)c(O)c2C1=O. The van der Waals surface area contributed by atoms with Gasteiger partial charge in [0.2, 0.25) is 5.43 Å². The molecule has 4 heterocycles. The fourth-order valence-corrected chi connectivity index (χ4v) is 4.36. The van der Waals surface area contributed by atoms with E-state index in [4.69, 9.17) is 0 Å². The summed E-state index contributed by atoms with van der Waals surface area (Å²) < 4.78 is 1.60. The van der Waals surface area contributed by atoms with Crippen LogP contribution < -0.4 is 16.1 Å². The molecule has 0 spiro atoms. The summed E-state index contributed by atoms with van der Waals surface area (Å²) in [5.74, 6) is -0.720. The van der Waals surface area contributed by atoms with Crippen molar-refractivity contribution in [1.29, 1.82) is 0 Å². The average Bonchev–Trinajstić information content (AvgIpc) is 3.35. The van der Waals surface area contributed by atoms with Crippen LogP contribution in [0.3, 0.4) is 0 Å². The number of anilines is 2. The average molecular weight is 488 g/mol. The molecule has 4 N–H and O–H groups in total. The molecule has 2 amide bonds. The van der Waals surface area contributed by atoms with Gasteiger partial charge in [0.1, 0.15) is 5.82 Å². The van der Waals surface area contributed by atoms with Crippen LogP contribution >= 0.6 is 0 Å².